The molecular formula is C20H21N5O3S. The summed E-state index contributed by atoms with van der Waals surface area (Å²) in [5.41, 5.74) is 2.89. The highest BCUT2D eigenvalue weighted by molar-refractivity contribution is 7.89. The summed E-state index contributed by atoms with van der Waals surface area (Å²) in [5, 5.41) is 0.847. The lowest BCUT2D eigenvalue weighted by Gasteiger charge is -2.32. The lowest BCUT2D eigenvalue weighted by Crippen LogP contribution is -2.42. The number of benzene rings is 1. The summed E-state index contributed by atoms with van der Waals surface area (Å²) in [4.78, 5) is 23.3. The van der Waals surface area contributed by atoms with E-state index in [1.807, 2.05) is 13.0 Å². The van der Waals surface area contributed by atoms with Gasteiger partial charge in [0.1, 0.15) is 5.65 Å². The number of aromatic nitrogens is 4. The lowest BCUT2D eigenvalue weighted by atomic mass is 10.1. The Kier molecular flexibility index (Phi) is 4.11. The molecule has 4 heterocycles. The van der Waals surface area contributed by atoms with Crippen LogP contribution in [0.2, 0.25) is 0 Å². The predicted molar refractivity (Wildman–Crippen MR) is 110 cm³/mol. The number of pyridine rings is 1. The molecule has 1 aromatic carbocycles. The van der Waals surface area contributed by atoms with Gasteiger partial charge < -0.3 is 9.97 Å². The Hall–Kier alpha value is -2.91. The monoisotopic (exact) mass is 411 g/mol. The van der Waals surface area contributed by atoms with Crippen LogP contribution in [0, 0.1) is 6.92 Å². The molecule has 29 heavy (non-hydrogen) atoms. The Labute approximate surface area is 167 Å². The molecule has 0 saturated carbocycles. The van der Waals surface area contributed by atoms with Crippen LogP contribution >= 0.6 is 0 Å². The first-order valence-corrected chi connectivity index (χ1v) is 11.0. The van der Waals surface area contributed by atoms with Gasteiger partial charge in [-0.05, 0) is 38.0 Å². The van der Waals surface area contributed by atoms with Crippen molar-refractivity contribution in [3.63, 3.8) is 0 Å². The first-order valence-electron chi connectivity index (χ1n) is 9.58. The number of hydrogen-bond donors (Lipinski definition) is 2. The molecular weight excluding hydrogens is 390 g/mol. The van der Waals surface area contributed by atoms with Crippen LogP contribution in [0.3, 0.4) is 0 Å². The third-order valence-electron chi connectivity index (χ3n) is 5.64. The molecule has 3 aromatic heterocycles. The van der Waals surface area contributed by atoms with Crippen LogP contribution in [0.5, 0.6) is 0 Å². The molecule has 1 fully saturated rings. The molecule has 0 amide bonds. The number of nitrogens with zero attached hydrogens (tertiary/aromatic N) is 3. The second-order valence-electron chi connectivity index (χ2n) is 7.53. The van der Waals surface area contributed by atoms with Crippen molar-refractivity contribution in [3.8, 4) is 0 Å². The van der Waals surface area contributed by atoms with Crippen LogP contribution in [-0.4, -0.2) is 45.3 Å². The van der Waals surface area contributed by atoms with Crippen molar-refractivity contribution in [2.75, 3.05) is 13.1 Å². The minimum absolute atomic E-state index is 0.241. The minimum atomic E-state index is -3.61. The number of aryl methyl sites for hydroxylation is 1. The van der Waals surface area contributed by atoms with E-state index in [9.17, 15) is 13.2 Å². The summed E-state index contributed by atoms with van der Waals surface area (Å²) in [6, 6.07) is 8.52. The molecule has 1 atom stereocenters. The maximum atomic E-state index is 13.1. The number of piperidine rings is 1. The Balaban J connectivity index is 1.56. The Bertz CT molecular complexity index is 1360. The Morgan fingerprint density at radius 2 is 1.97 bits per heavy atom. The van der Waals surface area contributed by atoms with E-state index in [0.29, 0.717) is 24.1 Å². The summed E-state index contributed by atoms with van der Waals surface area (Å²) >= 11 is 0. The molecule has 9 heteroatoms. The second-order valence-corrected chi connectivity index (χ2v) is 9.47. The Morgan fingerprint density at radius 1 is 1.17 bits per heavy atom. The maximum absolute atomic E-state index is 13.1. The van der Waals surface area contributed by atoms with Gasteiger partial charge >= 0.3 is 5.69 Å². The molecule has 0 bridgehead atoms. The van der Waals surface area contributed by atoms with E-state index >= 15 is 0 Å². The number of hydrogen-bond acceptors (Lipinski definition) is 4. The number of fused-ring (bicyclic) bond motifs is 3. The van der Waals surface area contributed by atoms with Crippen molar-refractivity contribution >= 4 is 32.1 Å². The van der Waals surface area contributed by atoms with Gasteiger partial charge in [-0.1, -0.05) is 17.7 Å². The van der Waals surface area contributed by atoms with Gasteiger partial charge in [-0.2, -0.15) is 4.31 Å². The fraction of sp³-hybridized carbons (Fsp3) is 0.300. The zero-order valence-electron chi connectivity index (χ0n) is 15.9. The number of imidazole rings is 1. The first-order chi connectivity index (χ1) is 13.9. The molecule has 0 spiro atoms. The van der Waals surface area contributed by atoms with E-state index in [-0.39, 0.29) is 23.2 Å². The molecule has 8 nitrogen and oxygen atoms in total. The highest BCUT2D eigenvalue weighted by Crippen LogP contribution is 2.30. The smallest absolute Gasteiger partial charge is 0.326 e. The summed E-state index contributed by atoms with van der Waals surface area (Å²) < 4.78 is 29.5. The van der Waals surface area contributed by atoms with Gasteiger partial charge in [0, 0.05) is 24.7 Å². The van der Waals surface area contributed by atoms with E-state index in [1.165, 1.54) is 4.31 Å². The molecule has 1 aliphatic heterocycles. The van der Waals surface area contributed by atoms with Gasteiger partial charge in [-0.25, -0.2) is 18.2 Å². The number of H-pyrrole nitrogens is 2. The molecule has 0 aliphatic carbocycles. The highest BCUT2D eigenvalue weighted by Gasteiger charge is 2.32. The number of nitrogens with one attached hydrogen (secondary N) is 2. The molecule has 2 N–H and O–H groups in total. The van der Waals surface area contributed by atoms with Crippen LogP contribution in [0.4, 0.5) is 0 Å². The minimum Gasteiger partial charge on any atom is -0.346 e. The van der Waals surface area contributed by atoms with Crippen molar-refractivity contribution in [3.05, 3.63) is 58.8 Å². The highest BCUT2D eigenvalue weighted by atomic mass is 32.2. The zero-order chi connectivity index (χ0) is 20.2. The standard InChI is InChI=1S/C20H21N5O3S/c1-13-4-6-15(7-5-13)29(27,28)24-10-2-3-14(12-24)25-18-16-8-9-21-19(16)22-11-17(18)23-20(25)26/h4-9,11,14H,2-3,10,12H2,1H3,(H,21,22)(H,23,26)/t14-/m1/s1. The van der Waals surface area contributed by atoms with Gasteiger partial charge in [0.2, 0.25) is 10.0 Å². The van der Waals surface area contributed by atoms with E-state index in [4.69, 9.17) is 0 Å². The Morgan fingerprint density at radius 3 is 2.76 bits per heavy atom. The molecule has 150 valence electrons. The lowest BCUT2D eigenvalue weighted by molar-refractivity contribution is 0.267. The largest absolute Gasteiger partial charge is 0.346 e. The van der Waals surface area contributed by atoms with Crippen molar-refractivity contribution in [2.45, 2.75) is 30.7 Å². The molecule has 5 rings (SSSR count). The van der Waals surface area contributed by atoms with Crippen LogP contribution in [-0.2, 0) is 10.0 Å². The van der Waals surface area contributed by atoms with Gasteiger partial charge in [-0.15, -0.1) is 0 Å². The number of sulfonamides is 1. The van der Waals surface area contributed by atoms with Gasteiger partial charge in [-0.3, -0.25) is 4.57 Å². The average Bonchev–Trinajstić information content (AvgIpc) is 3.31. The molecule has 1 saturated heterocycles. The summed E-state index contributed by atoms with van der Waals surface area (Å²) in [6.07, 6.45) is 4.85. The normalized spacial score (nSPS) is 18.6. The predicted octanol–water partition coefficient (Wildman–Crippen LogP) is 2.54. The van der Waals surface area contributed by atoms with Crippen molar-refractivity contribution in [1.29, 1.82) is 0 Å². The summed E-state index contributed by atoms with van der Waals surface area (Å²) in [6.45, 7) is 2.63. The third kappa shape index (κ3) is 2.89. The van der Waals surface area contributed by atoms with Crippen molar-refractivity contribution in [2.24, 2.45) is 0 Å². The third-order valence-corrected chi connectivity index (χ3v) is 7.52. The fourth-order valence-electron chi connectivity index (χ4n) is 4.18. The van der Waals surface area contributed by atoms with Crippen molar-refractivity contribution in [1.82, 2.24) is 23.8 Å². The first kappa shape index (κ1) is 18.1. The maximum Gasteiger partial charge on any atom is 0.326 e. The van der Waals surface area contributed by atoms with Crippen LogP contribution in [0.1, 0.15) is 24.4 Å². The summed E-state index contributed by atoms with van der Waals surface area (Å²) in [7, 11) is -3.61. The zero-order valence-corrected chi connectivity index (χ0v) is 16.7. The van der Waals surface area contributed by atoms with Gasteiger partial charge in [0.25, 0.3) is 0 Å². The van der Waals surface area contributed by atoms with Crippen molar-refractivity contribution < 1.29 is 8.42 Å². The van der Waals surface area contributed by atoms with E-state index in [2.05, 4.69) is 15.0 Å². The number of aromatic amines is 2. The fourth-order valence-corrected chi connectivity index (χ4v) is 5.70. The molecule has 1 aliphatic rings. The topological polar surface area (TPSA) is 104 Å². The van der Waals surface area contributed by atoms with Crippen LogP contribution < -0.4 is 5.69 Å². The average molecular weight is 411 g/mol. The van der Waals surface area contributed by atoms with Gasteiger partial charge in [0.05, 0.1) is 28.2 Å². The second kappa shape index (κ2) is 6.57. The SMILES string of the molecule is Cc1ccc(S(=O)(=O)N2CCC[C@@H](n3c(=O)[nH]c4cnc5[nH]ccc5c43)C2)cc1. The van der Waals surface area contributed by atoms with Gasteiger partial charge in [0.15, 0.2) is 0 Å². The quantitative estimate of drug-likeness (QED) is 0.541. The molecule has 4 aromatic rings. The summed E-state index contributed by atoms with van der Waals surface area (Å²) in [5.74, 6) is 0. The molecule has 0 radical (unpaired) electrons. The molecule has 0 unspecified atom stereocenters. The van der Waals surface area contributed by atoms with E-state index < -0.39 is 10.0 Å². The van der Waals surface area contributed by atoms with E-state index in [0.717, 1.165) is 22.9 Å². The van der Waals surface area contributed by atoms with E-state index in [1.54, 1.807) is 41.2 Å². The van der Waals surface area contributed by atoms with Crippen LogP contribution in [0.15, 0.2) is 52.4 Å². The van der Waals surface area contributed by atoms with Crippen LogP contribution in [0.25, 0.3) is 22.1 Å². The number of rotatable bonds is 3.